The second-order valence-electron chi connectivity index (χ2n) is 7.33. The number of hydrogen-bond donors (Lipinski definition) is 2. The molecule has 0 atom stereocenters. The molecule has 1 aromatic carbocycles. The van der Waals surface area contributed by atoms with Crippen molar-refractivity contribution < 1.29 is 18.4 Å². The number of hydrogen-bond acceptors (Lipinski definition) is 7. The highest BCUT2D eigenvalue weighted by atomic mass is 19.1. The molecule has 3 heterocycles. The van der Waals surface area contributed by atoms with Crippen LogP contribution in [0.2, 0.25) is 0 Å². The summed E-state index contributed by atoms with van der Waals surface area (Å²) in [4.78, 5) is 25.1. The summed E-state index contributed by atoms with van der Waals surface area (Å²) < 4.78 is 31.9. The minimum atomic E-state index is -1.02. The minimum Gasteiger partial charge on any atom is -0.336 e. The van der Waals surface area contributed by atoms with Crippen LogP contribution >= 0.6 is 0 Å². The molecule has 12 heteroatoms. The molecule has 1 amide bonds. The molecule has 0 spiro atoms. The molecule has 4 rings (SSSR count). The first-order valence-corrected chi connectivity index (χ1v) is 9.61. The summed E-state index contributed by atoms with van der Waals surface area (Å²) in [7, 11) is 2.98. The Kier molecular flexibility index (Phi) is 5.53. The Morgan fingerprint density at radius 2 is 1.97 bits per heavy atom. The molecule has 0 aliphatic rings. The molecule has 0 bridgehead atoms. The van der Waals surface area contributed by atoms with Gasteiger partial charge in [-0.05, 0) is 17.5 Å². The van der Waals surface area contributed by atoms with Crippen LogP contribution in [0.1, 0.15) is 35.7 Å². The monoisotopic (exact) mass is 442 g/mol. The molecule has 32 heavy (non-hydrogen) atoms. The van der Waals surface area contributed by atoms with Crippen molar-refractivity contribution in [1.29, 1.82) is 0 Å². The third kappa shape index (κ3) is 3.75. The summed E-state index contributed by atoms with van der Waals surface area (Å²) >= 11 is 0. The van der Waals surface area contributed by atoms with E-state index in [0.29, 0.717) is 17.4 Å². The zero-order chi connectivity index (χ0) is 23.0. The second kappa shape index (κ2) is 8.30. The quantitative estimate of drug-likeness (QED) is 0.442. The third-order valence-electron chi connectivity index (χ3n) is 4.78. The highest BCUT2D eigenvalue weighted by molar-refractivity contribution is 5.95. The Bertz CT molecular complexity index is 1310. The number of anilines is 2. The number of aromatic nitrogens is 6. The molecule has 0 unspecified atom stereocenters. The van der Waals surface area contributed by atoms with Crippen LogP contribution in [0, 0.1) is 11.6 Å². The van der Waals surface area contributed by atoms with Crippen molar-refractivity contribution >= 4 is 22.9 Å². The van der Waals surface area contributed by atoms with Gasteiger partial charge in [-0.15, -0.1) is 0 Å². The highest BCUT2D eigenvalue weighted by Gasteiger charge is 2.23. The van der Waals surface area contributed by atoms with Crippen LogP contribution in [0.25, 0.3) is 16.9 Å². The SMILES string of the molecule is CONC(=O)c1cc(Nc2ncnn3cc(-c4ncn(C)n4)c(C(C)C)c23)c(F)cc1F. The number of amides is 1. The lowest BCUT2D eigenvalue weighted by molar-refractivity contribution is 0.0533. The van der Waals surface area contributed by atoms with Crippen LogP contribution in [-0.2, 0) is 11.9 Å². The van der Waals surface area contributed by atoms with Gasteiger partial charge in [-0.1, -0.05) is 13.8 Å². The molecule has 0 saturated heterocycles. The first-order valence-electron chi connectivity index (χ1n) is 9.61. The molecule has 10 nitrogen and oxygen atoms in total. The number of halogens is 2. The number of fused-ring (bicyclic) bond motifs is 1. The van der Waals surface area contributed by atoms with E-state index in [1.165, 1.54) is 13.4 Å². The van der Waals surface area contributed by atoms with E-state index >= 15 is 0 Å². The van der Waals surface area contributed by atoms with Gasteiger partial charge < -0.3 is 5.32 Å². The molecule has 0 fully saturated rings. The van der Waals surface area contributed by atoms with Gasteiger partial charge in [0, 0.05) is 24.9 Å². The van der Waals surface area contributed by atoms with Crippen molar-refractivity contribution in [1.82, 2.24) is 34.8 Å². The van der Waals surface area contributed by atoms with Gasteiger partial charge >= 0.3 is 0 Å². The average molecular weight is 442 g/mol. The maximum Gasteiger partial charge on any atom is 0.277 e. The lowest BCUT2D eigenvalue weighted by Gasteiger charge is -2.13. The molecular weight excluding hydrogens is 422 g/mol. The summed E-state index contributed by atoms with van der Waals surface area (Å²) in [6, 6.07) is 1.67. The number of nitrogens with one attached hydrogen (secondary N) is 2. The standard InChI is InChI=1S/C20H20F2N8O2/c1-10(2)16-12(18-24-9-29(3)27-18)7-30-17(16)19(23-8-25-30)26-15-5-11(20(31)28-32-4)13(21)6-14(15)22/h5-10H,1-4H3,(H,28,31)(H,23,25,26). The Hall–Kier alpha value is -3.93. The number of carbonyl (C=O) groups excluding carboxylic acids is 1. The number of carbonyl (C=O) groups is 1. The molecule has 0 radical (unpaired) electrons. The van der Waals surface area contributed by atoms with Gasteiger partial charge in [0.15, 0.2) is 11.6 Å². The summed E-state index contributed by atoms with van der Waals surface area (Å²) in [6.45, 7) is 3.98. The van der Waals surface area contributed by atoms with Crippen molar-refractivity contribution in [3.63, 3.8) is 0 Å². The van der Waals surface area contributed by atoms with Gasteiger partial charge in [0.25, 0.3) is 5.91 Å². The van der Waals surface area contributed by atoms with E-state index in [2.05, 4.69) is 30.3 Å². The van der Waals surface area contributed by atoms with E-state index < -0.39 is 23.1 Å². The summed E-state index contributed by atoms with van der Waals surface area (Å²) in [6.07, 6.45) is 4.66. The van der Waals surface area contributed by atoms with Gasteiger partial charge in [0.05, 0.1) is 18.4 Å². The van der Waals surface area contributed by atoms with Crippen molar-refractivity contribution in [2.75, 3.05) is 12.4 Å². The zero-order valence-electron chi connectivity index (χ0n) is 17.7. The number of nitrogens with zero attached hydrogens (tertiary/aromatic N) is 6. The second-order valence-corrected chi connectivity index (χ2v) is 7.33. The van der Waals surface area contributed by atoms with Crippen LogP contribution in [0.5, 0.6) is 0 Å². The number of hydroxylamine groups is 1. The molecule has 0 aliphatic heterocycles. The smallest absolute Gasteiger partial charge is 0.277 e. The van der Waals surface area contributed by atoms with Crippen molar-refractivity contribution in [3.05, 3.63) is 53.7 Å². The lowest BCUT2D eigenvalue weighted by atomic mass is 9.99. The summed E-state index contributed by atoms with van der Waals surface area (Å²) in [5.74, 6) is -1.96. The molecule has 0 saturated carbocycles. The van der Waals surface area contributed by atoms with E-state index in [1.807, 2.05) is 19.3 Å². The van der Waals surface area contributed by atoms with E-state index in [4.69, 9.17) is 0 Å². The van der Waals surface area contributed by atoms with E-state index in [9.17, 15) is 13.6 Å². The topological polar surface area (TPSA) is 111 Å². The maximum atomic E-state index is 14.6. The molecule has 0 aliphatic carbocycles. The number of aryl methyl sites for hydroxylation is 1. The van der Waals surface area contributed by atoms with Crippen molar-refractivity contribution in [3.8, 4) is 11.4 Å². The third-order valence-corrected chi connectivity index (χ3v) is 4.78. The zero-order valence-corrected chi connectivity index (χ0v) is 17.7. The van der Waals surface area contributed by atoms with E-state index in [1.54, 1.807) is 28.8 Å². The molecule has 3 aromatic heterocycles. The van der Waals surface area contributed by atoms with Crippen LogP contribution in [0.15, 0.2) is 31.0 Å². The van der Waals surface area contributed by atoms with Crippen molar-refractivity contribution in [2.45, 2.75) is 19.8 Å². The Balaban J connectivity index is 1.85. The van der Waals surface area contributed by atoms with Crippen LogP contribution in [0.4, 0.5) is 20.3 Å². The molecule has 2 N–H and O–H groups in total. The fourth-order valence-corrected chi connectivity index (χ4v) is 3.45. The first-order chi connectivity index (χ1) is 15.3. The Morgan fingerprint density at radius 1 is 1.19 bits per heavy atom. The van der Waals surface area contributed by atoms with Gasteiger partial charge in [-0.25, -0.2) is 28.7 Å². The van der Waals surface area contributed by atoms with Crippen LogP contribution in [-0.4, -0.2) is 42.4 Å². The normalized spacial score (nSPS) is 11.3. The van der Waals surface area contributed by atoms with Gasteiger partial charge in [0.1, 0.15) is 29.8 Å². The van der Waals surface area contributed by atoms with Crippen molar-refractivity contribution in [2.24, 2.45) is 7.05 Å². The highest BCUT2D eigenvalue weighted by Crippen LogP contribution is 2.36. The van der Waals surface area contributed by atoms with Crippen LogP contribution in [0.3, 0.4) is 0 Å². The molecule has 166 valence electrons. The predicted molar refractivity (Wildman–Crippen MR) is 111 cm³/mol. The summed E-state index contributed by atoms with van der Waals surface area (Å²) in [5, 5.41) is 11.5. The maximum absolute atomic E-state index is 14.6. The van der Waals surface area contributed by atoms with E-state index in [0.717, 1.165) is 17.2 Å². The fourth-order valence-electron chi connectivity index (χ4n) is 3.45. The average Bonchev–Trinajstić information content (AvgIpc) is 3.34. The first kappa shape index (κ1) is 21.3. The van der Waals surface area contributed by atoms with Gasteiger partial charge in [-0.2, -0.15) is 10.2 Å². The summed E-state index contributed by atoms with van der Waals surface area (Å²) in [5.41, 5.74) is 3.67. The Labute approximate surface area is 181 Å². The van der Waals surface area contributed by atoms with Crippen LogP contribution < -0.4 is 10.8 Å². The molecular formula is C20H20F2N8O2. The Morgan fingerprint density at radius 3 is 2.62 bits per heavy atom. The minimum absolute atomic E-state index is 0.0199. The number of benzene rings is 1. The largest absolute Gasteiger partial charge is 0.336 e. The number of rotatable bonds is 6. The predicted octanol–water partition coefficient (Wildman–Crippen LogP) is 2.96. The van der Waals surface area contributed by atoms with E-state index in [-0.39, 0.29) is 17.4 Å². The fraction of sp³-hybridized carbons (Fsp3) is 0.250. The van der Waals surface area contributed by atoms with Gasteiger partial charge in [-0.3, -0.25) is 14.3 Å². The molecule has 4 aromatic rings. The van der Waals surface area contributed by atoms with Gasteiger partial charge in [0.2, 0.25) is 0 Å². The lowest BCUT2D eigenvalue weighted by Crippen LogP contribution is -2.23.